The molecule has 1 saturated heterocycles. The van der Waals surface area contributed by atoms with E-state index in [1.54, 1.807) is 11.5 Å². The van der Waals surface area contributed by atoms with Gasteiger partial charge in [-0.2, -0.15) is 0 Å². The molecule has 3 aromatic rings. The molecule has 1 aromatic carbocycles. The van der Waals surface area contributed by atoms with E-state index in [2.05, 4.69) is 23.7 Å². The lowest BCUT2D eigenvalue weighted by molar-refractivity contribution is 0.241. The zero-order chi connectivity index (χ0) is 19.8. The van der Waals surface area contributed by atoms with E-state index in [0.717, 1.165) is 25.9 Å². The first-order valence-electron chi connectivity index (χ1n) is 9.82. The second kappa shape index (κ2) is 5.72. The minimum Gasteiger partial charge on any atom is -0.487 e. The fourth-order valence-electron chi connectivity index (χ4n) is 4.45. The van der Waals surface area contributed by atoms with E-state index >= 15 is 4.39 Å². The van der Waals surface area contributed by atoms with E-state index in [4.69, 9.17) is 9.15 Å². The fourth-order valence-corrected chi connectivity index (χ4v) is 4.45. The number of fused-ring (bicyclic) bond motifs is 2. The molecule has 0 bridgehead atoms. The van der Waals surface area contributed by atoms with Crippen molar-refractivity contribution >= 4 is 27.7 Å². The van der Waals surface area contributed by atoms with Gasteiger partial charge in [0.1, 0.15) is 17.8 Å². The van der Waals surface area contributed by atoms with Crippen LogP contribution in [0.15, 0.2) is 15.3 Å². The Kier molecular flexibility index (Phi) is 3.58. The molecule has 0 N–H and O–H groups in total. The Morgan fingerprint density at radius 2 is 2.00 bits per heavy atom. The number of pyridine rings is 1. The molecule has 0 amide bonds. The molecular formula is C21H24FN3O3. The molecule has 0 saturated carbocycles. The summed E-state index contributed by atoms with van der Waals surface area (Å²) in [6.07, 6.45) is 1.96. The molecule has 0 spiro atoms. The lowest BCUT2D eigenvalue weighted by Crippen LogP contribution is -2.39. The van der Waals surface area contributed by atoms with Crippen molar-refractivity contribution in [2.24, 2.45) is 5.41 Å². The van der Waals surface area contributed by atoms with Crippen LogP contribution >= 0.6 is 0 Å². The maximum Gasteiger partial charge on any atom is 0.281 e. The van der Waals surface area contributed by atoms with Crippen LogP contribution in [0.1, 0.15) is 45.5 Å². The number of benzene rings is 1. The second-order valence-corrected chi connectivity index (χ2v) is 8.83. The molecule has 7 heteroatoms. The van der Waals surface area contributed by atoms with Crippen molar-refractivity contribution in [1.82, 2.24) is 9.55 Å². The number of ether oxygens (including phenoxy) is 1. The van der Waals surface area contributed by atoms with Gasteiger partial charge >= 0.3 is 0 Å². The van der Waals surface area contributed by atoms with Crippen LogP contribution in [0.5, 0.6) is 5.75 Å². The highest BCUT2D eigenvalue weighted by molar-refractivity contribution is 6.05. The van der Waals surface area contributed by atoms with Crippen molar-refractivity contribution < 1.29 is 13.5 Å². The summed E-state index contributed by atoms with van der Waals surface area (Å²) in [4.78, 5) is 19.4. The molecule has 28 heavy (non-hydrogen) atoms. The molecular weight excluding hydrogens is 361 g/mol. The number of anilines is 1. The van der Waals surface area contributed by atoms with Crippen LogP contribution in [0.25, 0.3) is 22.0 Å². The third kappa shape index (κ3) is 2.38. The quantitative estimate of drug-likeness (QED) is 0.629. The lowest BCUT2D eigenvalue weighted by Gasteiger charge is -2.39. The van der Waals surface area contributed by atoms with Gasteiger partial charge in [-0.25, -0.2) is 9.37 Å². The smallest absolute Gasteiger partial charge is 0.281 e. The highest BCUT2D eigenvalue weighted by Crippen LogP contribution is 2.45. The number of hydrogen-bond donors (Lipinski definition) is 0. The van der Waals surface area contributed by atoms with Crippen molar-refractivity contribution in [3.8, 4) is 5.75 Å². The van der Waals surface area contributed by atoms with Crippen molar-refractivity contribution in [2.75, 3.05) is 24.6 Å². The number of aromatic nitrogens is 2. The van der Waals surface area contributed by atoms with Gasteiger partial charge in [-0.3, -0.25) is 9.36 Å². The van der Waals surface area contributed by atoms with E-state index in [1.165, 1.54) is 6.07 Å². The fraction of sp³-hybridized carbons (Fsp3) is 0.524. The first-order valence-corrected chi connectivity index (χ1v) is 9.82. The van der Waals surface area contributed by atoms with Crippen LogP contribution < -0.4 is 15.2 Å². The van der Waals surface area contributed by atoms with E-state index in [1.807, 2.05) is 6.92 Å². The standard InChI is InChI=1S/C21H24FN3O3/c1-11-10-27-19-16-13(18-15(20(26)25(11)16)23-12(2)28-18)9-14(22)17(19)24-7-5-21(3,4)6-8-24/h9,11H,5-8,10H2,1-4H3/t11-/m0/s1. The molecule has 1 atom stereocenters. The molecule has 2 aliphatic rings. The minimum absolute atomic E-state index is 0.164. The van der Waals surface area contributed by atoms with Gasteiger partial charge in [0.2, 0.25) is 0 Å². The van der Waals surface area contributed by atoms with E-state index in [0.29, 0.717) is 40.4 Å². The number of aryl methyl sites for hydroxylation is 1. The van der Waals surface area contributed by atoms with Gasteiger partial charge in [0.25, 0.3) is 5.56 Å². The average molecular weight is 385 g/mol. The predicted octanol–water partition coefficient (Wildman–Crippen LogP) is 4.17. The second-order valence-electron chi connectivity index (χ2n) is 8.83. The zero-order valence-corrected chi connectivity index (χ0v) is 16.6. The summed E-state index contributed by atoms with van der Waals surface area (Å²) < 4.78 is 28.8. The van der Waals surface area contributed by atoms with Gasteiger partial charge in [0, 0.05) is 20.0 Å². The van der Waals surface area contributed by atoms with E-state index < -0.39 is 0 Å². The normalized spacial score (nSPS) is 21.3. The van der Waals surface area contributed by atoms with Crippen LogP contribution in [0, 0.1) is 18.2 Å². The maximum absolute atomic E-state index is 15.4. The summed E-state index contributed by atoms with van der Waals surface area (Å²) >= 11 is 0. The third-order valence-corrected chi connectivity index (χ3v) is 6.17. The third-order valence-electron chi connectivity index (χ3n) is 6.17. The number of nitrogens with zero attached hydrogens (tertiary/aromatic N) is 3. The summed E-state index contributed by atoms with van der Waals surface area (Å²) in [5, 5.41) is 0.537. The van der Waals surface area contributed by atoms with Crippen LogP contribution in [0.3, 0.4) is 0 Å². The molecule has 148 valence electrons. The van der Waals surface area contributed by atoms with Crippen molar-refractivity contribution in [1.29, 1.82) is 0 Å². The van der Waals surface area contributed by atoms with Crippen molar-refractivity contribution in [3.63, 3.8) is 0 Å². The van der Waals surface area contributed by atoms with Crippen molar-refractivity contribution in [2.45, 2.75) is 46.6 Å². The SMILES string of the molecule is Cc1nc2c(=O)n3c4c(c(N5CCC(C)(C)CC5)c(F)cc4c2o1)OC[C@@H]3C. The van der Waals surface area contributed by atoms with Gasteiger partial charge in [-0.1, -0.05) is 13.8 Å². The first-order chi connectivity index (χ1) is 13.3. The summed E-state index contributed by atoms with van der Waals surface area (Å²) in [5.74, 6) is 0.487. The number of piperidine rings is 1. The molecule has 0 aliphatic carbocycles. The number of hydrogen-bond acceptors (Lipinski definition) is 5. The Balaban J connectivity index is 1.83. The van der Waals surface area contributed by atoms with E-state index in [9.17, 15) is 4.79 Å². The van der Waals surface area contributed by atoms with Gasteiger partial charge in [0.15, 0.2) is 28.6 Å². The lowest BCUT2D eigenvalue weighted by atomic mass is 9.82. The highest BCUT2D eigenvalue weighted by atomic mass is 19.1. The molecule has 0 radical (unpaired) electrons. The van der Waals surface area contributed by atoms with Gasteiger partial charge in [-0.15, -0.1) is 0 Å². The molecule has 5 rings (SSSR count). The number of rotatable bonds is 1. The van der Waals surface area contributed by atoms with Gasteiger partial charge in [0.05, 0.1) is 11.4 Å². The van der Waals surface area contributed by atoms with Crippen LogP contribution in [-0.2, 0) is 0 Å². The molecule has 0 unspecified atom stereocenters. The number of halogens is 1. The van der Waals surface area contributed by atoms with Gasteiger partial charge in [-0.05, 0) is 31.2 Å². The van der Waals surface area contributed by atoms with Crippen LogP contribution in [-0.4, -0.2) is 29.2 Å². The average Bonchev–Trinajstić information content (AvgIpc) is 3.03. The first kappa shape index (κ1) is 17.5. The van der Waals surface area contributed by atoms with Crippen LogP contribution in [0.2, 0.25) is 0 Å². The Morgan fingerprint density at radius 1 is 1.29 bits per heavy atom. The highest BCUT2D eigenvalue weighted by Gasteiger charge is 2.34. The summed E-state index contributed by atoms with van der Waals surface area (Å²) in [5.41, 5.74) is 1.68. The maximum atomic E-state index is 15.4. The topological polar surface area (TPSA) is 60.5 Å². The Hall–Kier alpha value is -2.57. The Morgan fingerprint density at radius 3 is 2.71 bits per heavy atom. The minimum atomic E-state index is -0.350. The van der Waals surface area contributed by atoms with Crippen LogP contribution in [0.4, 0.5) is 10.1 Å². The van der Waals surface area contributed by atoms with Gasteiger partial charge < -0.3 is 14.1 Å². The molecule has 4 heterocycles. The molecule has 1 fully saturated rings. The molecule has 6 nitrogen and oxygen atoms in total. The largest absolute Gasteiger partial charge is 0.487 e. The predicted molar refractivity (Wildman–Crippen MR) is 106 cm³/mol. The summed E-state index contributed by atoms with van der Waals surface area (Å²) in [6.45, 7) is 9.93. The molecule has 2 aliphatic heterocycles. The van der Waals surface area contributed by atoms with E-state index in [-0.39, 0.29) is 28.4 Å². The monoisotopic (exact) mass is 385 g/mol. The summed E-state index contributed by atoms with van der Waals surface area (Å²) in [7, 11) is 0. The Bertz CT molecular complexity index is 1170. The van der Waals surface area contributed by atoms with Crippen molar-refractivity contribution in [3.05, 3.63) is 28.1 Å². The molecule has 2 aromatic heterocycles. The Labute approximate surface area is 161 Å². The zero-order valence-electron chi connectivity index (χ0n) is 16.6. The summed E-state index contributed by atoms with van der Waals surface area (Å²) in [6, 6.07) is 1.31. The number of oxazole rings is 1.